The van der Waals surface area contributed by atoms with Gasteiger partial charge in [0.2, 0.25) is 0 Å². The molecule has 1 aromatic carbocycles. The van der Waals surface area contributed by atoms with Gasteiger partial charge in [0.25, 0.3) is 5.91 Å². The first-order valence-corrected chi connectivity index (χ1v) is 10.2. The highest BCUT2D eigenvalue weighted by molar-refractivity contribution is 6.05. The number of nitrogens with two attached hydrogens (primary N) is 1. The molecule has 0 radical (unpaired) electrons. The van der Waals surface area contributed by atoms with Gasteiger partial charge < -0.3 is 20.5 Å². The van der Waals surface area contributed by atoms with Crippen LogP contribution in [0.25, 0.3) is 11.3 Å². The fraction of sp³-hybridized carbons (Fsp3) is 0.273. The maximum Gasteiger partial charge on any atom is 0.278 e. The third-order valence-electron chi connectivity index (χ3n) is 4.93. The van der Waals surface area contributed by atoms with Crippen LogP contribution in [0.15, 0.2) is 48.9 Å². The van der Waals surface area contributed by atoms with Crippen molar-refractivity contribution < 1.29 is 18.7 Å². The molecule has 9 nitrogen and oxygen atoms in total. The van der Waals surface area contributed by atoms with Crippen LogP contribution in [-0.4, -0.2) is 65.2 Å². The molecule has 3 heterocycles. The van der Waals surface area contributed by atoms with Crippen molar-refractivity contribution in [2.45, 2.75) is 0 Å². The number of amides is 1. The molecule has 0 atom stereocenters. The Labute approximate surface area is 196 Å². The lowest BCUT2D eigenvalue weighted by Crippen LogP contribution is -2.38. The molecule has 3 N–H and O–H groups in total. The highest BCUT2D eigenvalue weighted by atomic mass is 35.5. The number of nitrogen functional groups attached to an aromatic ring is 1. The van der Waals surface area contributed by atoms with E-state index < -0.39 is 11.7 Å². The number of nitrogens with zero attached hydrogens (tertiary/aromatic N) is 4. The molecule has 0 unspecified atom stereocenters. The first-order chi connectivity index (χ1) is 15.6. The number of benzene rings is 1. The van der Waals surface area contributed by atoms with E-state index in [0.29, 0.717) is 43.3 Å². The lowest BCUT2D eigenvalue weighted by molar-refractivity contribution is 0.0320. The Balaban J connectivity index is 0.00000306. The Bertz CT molecular complexity index is 1080. The number of aromatic nitrogens is 3. The van der Waals surface area contributed by atoms with Crippen molar-refractivity contribution in [3.63, 3.8) is 0 Å². The minimum Gasteiger partial charge on any atom is -0.489 e. The van der Waals surface area contributed by atoms with Crippen molar-refractivity contribution in [3.05, 3.63) is 60.4 Å². The van der Waals surface area contributed by atoms with E-state index in [2.05, 4.69) is 25.2 Å². The van der Waals surface area contributed by atoms with Gasteiger partial charge in [-0.1, -0.05) is 0 Å². The summed E-state index contributed by atoms with van der Waals surface area (Å²) in [4.78, 5) is 27.0. The van der Waals surface area contributed by atoms with Gasteiger partial charge in [-0.3, -0.25) is 14.7 Å². The molecule has 0 saturated carbocycles. The van der Waals surface area contributed by atoms with Crippen LogP contribution >= 0.6 is 12.4 Å². The predicted octanol–water partition coefficient (Wildman–Crippen LogP) is 2.65. The number of ether oxygens (including phenoxy) is 2. The zero-order chi connectivity index (χ0) is 22.3. The average Bonchev–Trinajstić information content (AvgIpc) is 2.82. The van der Waals surface area contributed by atoms with Gasteiger partial charge in [0.1, 0.15) is 6.61 Å². The Kier molecular flexibility index (Phi) is 8.47. The first kappa shape index (κ1) is 24.3. The summed E-state index contributed by atoms with van der Waals surface area (Å²) in [6.07, 6.45) is 4.48. The van der Waals surface area contributed by atoms with Crippen molar-refractivity contribution in [3.8, 4) is 17.0 Å². The van der Waals surface area contributed by atoms with Crippen LogP contribution in [0, 0.1) is 5.82 Å². The topological polar surface area (TPSA) is 115 Å². The van der Waals surface area contributed by atoms with Gasteiger partial charge in [-0.15, -0.1) is 12.4 Å². The Morgan fingerprint density at radius 1 is 1.24 bits per heavy atom. The van der Waals surface area contributed by atoms with Crippen LogP contribution in [0.2, 0.25) is 0 Å². The van der Waals surface area contributed by atoms with Crippen LogP contribution in [0.5, 0.6) is 5.75 Å². The number of carbonyl (C=O) groups is 1. The van der Waals surface area contributed by atoms with E-state index >= 15 is 0 Å². The first-order valence-electron chi connectivity index (χ1n) is 10.2. The Morgan fingerprint density at radius 3 is 2.79 bits per heavy atom. The molecule has 1 fully saturated rings. The number of rotatable bonds is 7. The van der Waals surface area contributed by atoms with Gasteiger partial charge in [-0.05, 0) is 30.3 Å². The summed E-state index contributed by atoms with van der Waals surface area (Å²) in [7, 11) is 0. The zero-order valence-corrected chi connectivity index (χ0v) is 18.6. The summed E-state index contributed by atoms with van der Waals surface area (Å²) in [6, 6.07) is 7.88. The summed E-state index contributed by atoms with van der Waals surface area (Å²) in [5.41, 5.74) is 7.04. The maximum absolute atomic E-state index is 14.6. The van der Waals surface area contributed by atoms with E-state index in [1.165, 1.54) is 24.5 Å². The van der Waals surface area contributed by atoms with Gasteiger partial charge in [-0.2, -0.15) is 0 Å². The van der Waals surface area contributed by atoms with Gasteiger partial charge in [0.15, 0.2) is 23.1 Å². The van der Waals surface area contributed by atoms with E-state index in [0.717, 1.165) is 13.1 Å². The molecule has 3 aromatic rings. The molecule has 1 aliphatic rings. The van der Waals surface area contributed by atoms with Crippen LogP contribution in [0.3, 0.4) is 0 Å². The number of morpholine rings is 1. The lowest BCUT2D eigenvalue weighted by Gasteiger charge is -2.26. The summed E-state index contributed by atoms with van der Waals surface area (Å²) in [6.45, 7) is 4.16. The van der Waals surface area contributed by atoms with Crippen LogP contribution < -0.4 is 15.8 Å². The average molecular weight is 475 g/mol. The van der Waals surface area contributed by atoms with Crippen molar-refractivity contribution in [2.75, 3.05) is 50.5 Å². The summed E-state index contributed by atoms with van der Waals surface area (Å²) < 4.78 is 25.5. The number of carbonyl (C=O) groups excluding carboxylic acids is 1. The zero-order valence-electron chi connectivity index (χ0n) is 17.7. The van der Waals surface area contributed by atoms with E-state index in [-0.39, 0.29) is 29.7 Å². The Hall–Kier alpha value is -3.34. The second-order valence-electron chi connectivity index (χ2n) is 7.13. The van der Waals surface area contributed by atoms with Crippen molar-refractivity contribution >= 4 is 29.8 Å². The van der Waals surface area contributed by atoms with Gasteiger partial charge >= 0.3 is 0 Å². The van der Waals surface area contributed by atoms with Crippen molar-refractivity contribution in [2.24, 2.45) is 0 Å². The van der Waals surface area contributed by atoms with Crippen LogP contribution in [-0.2, 0) is 4.74 Å². The second kappa shape index (κ2) is 11.5. The molecule has 33 heavy (non-hydrogen) atoms. The van der Waals surface area contributed by atoms with Crippen molar-refractivity contribution in [1.82, 2.24) is 19.9 Å². The highest BCUT2D eigenvalue weighted by Crippen LogP contribution is 2.25. The largest absolute Gasteiger partial charge is 0.489 e. The summed E-state index contributed by atoms with van der Waals surface area (Å²) in [5.74, 6) is -0.934. The monoisotopic (exact) mass is 474 g/mol. The number of hydrogen-bond donors (Lipinski definition) is 2. The number of halogens is 2. The summed E-state index contributed by atoms with van der Waals surface area (Å²) >= 11 is 0. The molecular formula is C22H24ClFN6O3. The predicted molar refractivity (Wildman–Crippen MR) is 124 cm³/mol. The molecular weight excluding hydrogens is 451 g/mol. The third-order valence-corrected chi connectivity index (χ3v) is 4.93. The van der Waals surface area contributed by atoms with Crippen LogP contribution in [0.4, 0.5) is 15.9 Å². The molecule has 174 valence electrons. The number of pyridine rings is 1. The smallest absolute Gasteiger partial charge is 0.278 e. The van der Waals surface area contributed by atoms with Gasteiger partial charge in [-0.25, -0.2) is 14.4 Å². The van der Waals surface area contributed by atoms with Gasteiger partial charge in [0.05, 0.1) is 37.0 Å². The minimum absolute atomic E-state index is 0. The molecule has 2 aromatic heterocycles. The molecule has 4 rings (SSSR count). The van der Waals surface area contributed by atoms with Crippen molar-refractivity contribution in [1.29, 1.82) is 0 Å². The van der Waals surface area contributed by atoms with Crippen LogP contribution in [0.1, 0.15) is 10.5 Å². The number of hydrogen-bond acceptors (Lipinski definition) is 8. The highest BCUT2D eigenvalue weighted by Gasteiger charge is 2.16. The molecule has 11 heteroatoms. The quantitative estimate of drug-likeness (QED) is 0.537. The van der Waals surface area contributed by atoms with E-state index in [4.69, 9.17) is 15.2 Å². The van der Waals surface area contributed by atoms with Gasteiger partial charge in [0, 0.05) is 31.4 Å². The molecule has 0 aliphatic carbocycles. The Morgan fingerprint density at radius 2 is 2.06 bits per heavy atom. The fourth-order valence-electron chi connectivity index (χ4n) is 3.22. The third kappa shape index (κ3) is 6.35. The standard InChI is InChI=1S/C22H23FN6O3.ClH/c23-17-12-15(3-4-19(17)32-11-8-29-6-9-31-10-7-29)18-14-26-21(24)20(28-18)22(30)27-16-2-1-5-25-13-16;/h1-5,12-14H,6-11H2,(H2,24,26)(H,27,30);1H. The normalized spacial score (nSPS) is 13.7. The number of nitrogens with one attached hydrogen (secondary N) is 1. The molecule has 1 aliphatic heterocycles. The van der Waals surface area contributed by atoms with E-state index in [1.54, 1.807) is 24.4 Å². The number of anilines is 2. The fourth-order valence-corrected chi connectivity index (χ4v) is 3.22. The molecule has 1 saturated heterocycles. The summed E-state index contributed by atoms with van der Waals surface area (Å²) in [5, 5.41) is 2.66. The lowest BCUT2D eigenvalue weighted by atomic mass is 10.1. The SMILES string of the molecule is Cl.Nc1ncc(-c2ccc(OCCN3CCOCC3)c(F)c2)nc1C(=O)Nc1cccnc1. The maximum atomic E-state index is 14.6. The molecule has 1 amide bonds. The second-order valence-corrected chi connectivity index (χ2v) is 7.13. The molecule has 0 bridgehead atoms. The van der Waals surface area contributed by atoms with E-state index in [1.807, 2.05) is 0 Å². The minimum atomic E-state index is -0.534. The molecule has 0 spiro atoms. The van der Waals surface area contributed by atoms with E-state index in [9.17, 15) is 9.18 Å².